The summed E-state index contributed by atoms with van der Waals surface area (Å²) in [6.07, 6.45) is 5.14. The Morgan fingerprint density at radius 1 is 1.25 bits per heavy atom. The SMILES string of the molecule is CCCCC(CC)CSc1ccccc1O. The lowest BCUT2D eigenvalue weighted by Crippen LogP contribution is -2.01. The molecule has 1 rings (SSSR count). The van der Waals surface area contributed by atoms with Gasteiger partial charge in [0.15, 0.2) is 0 Å². The summed E-state index contributed by atoms with van der Waals surface area (Å²) in [5, 5.41) is 9.65. The van der Waals surface area contributed by atoms with Gasteiger partial charge in [-0.05, 0) is 24.5 Å². The summed E-state index contributed by atoms with van der Waals surface area (Å²) in [4.78, 5) is 1.01. The van der Waals surface area contributed by atoms with Gasteiger partial charge < -0.3 is 5.11 Å². The molecule has 1 atom stereocenters. The van der Waals surface area contributed by atoms with Crippen molar-refractivity contribution < 1.29 is 5.11 Å². The molecule has 1 aromatic carbocycles. The third-order valence-corrected chi connectivity index (χ3v) is 4.18. The average Bonchev–Trinajstić information content (AvgIpc) is 2.31. The maximum atomic E-state index is 9.65. The molecule has 16 heavy (non-hydrogen) atoms. The van der Waals surface area contributed by atoms with Gasteiger partial charge in [-0.1, -0.05) is 45.2 Å². The normalized spacial score (nSPS) is 12.6. The molecule has 1 aromatic rings. The number of phenolic OH excluding ortho intramolecular Hbond substituents is 1. The van der Waals surface area contributed by atoms with Gasteiger partial charge >= 0.3 is 0 Å². The molecule has 0 aromatic heterocycles. The van der Waals surface area contributed by atoms with Crippen LogP contribution in [-0.4, -0.2) is 10.9 Å². The van der Waals surface area contributed by atoms with Crippen LogP contribution < -0.4 is 0 Å². The topological polar surface area (TPSA) is 20.2 Å². The van der Waals surface area contributed by atoms with E-state index in [0.717, 1.165) is 16.6 Å². The fourth-order valence-electron chi connectivity index (χ4n) is 1.68. The van der Waals surface area contributed by atoms with Gasteiger partial charge in [0.2, 0.25) is 0 Å². The summed E-state index contributed by atoms with van der Waals surface area (Å²) in [5.41, 5.74) is 0. The van der Waals surface area contributed by atoms with Crippen LogP contribution in [0.1, 0.15) is 39.5 Å². The minimum atomic E-state index is 0.415. The molecule has 90 valence electrons. The lowest BCUT2D eigenvalue weighted by molar-refractivity contribution is 0.461. The maximum absolute atomic E-state index is 9.65. The third kappa shape index (κ3) is 4.48. The quantitative estimate of drug-likeness (QED) is 0.695. The van der Waals surface area contributed by atoms with Crippen LogP contribution in [0.5, 0.6) is 5.75 Å². The van der Waals surface area contributed by atoms with Crippen molar-refractivity contribution in [3.63, 3.8) is 0 Å². The molecule has 0 aliphatic heterocycles. The van der Waals surface area contributed by atoms with Gasteiger partial charge in [-0.15, -0.1) is 11.8 Å². The van der Waals surface area contributed by atoms with E-state index in [2.05, 4.69) is 13.8 Å². The maximum Gasteiger partial charge on any atom is 0.129 e. The predicted octanol–water partition coefficient (Wildman–Crippen LogP) is 4.70. The molecule has 0 amide bonds. The van der Waals surface area contributed by atoms with Crippen LogP contribution in [-0.2, 0) is 0 Å². The Hall–Kier alpha value is -0.630. The highest BCUT2D eigenvalue weighted by atomic mass is 32.2. The summed E-state index contributed by atoms with van der Waals surface area (Å²) >= 11 is 1.78. The fraction of sp³-hybridized carbons (Fsp3) is 0.571. The number of unbranched alkanes of at least 4 members (excludes halogenated alkanes) is 1. The van der Waals surface area contributed by atoms with Gasteiger partial charge in [0.25, 0.3) is 0 Å². The number of rotatable bonds is 7. The van der Waals surface area contributed by atoms with Crippen LogP contribution >= 0.6 is 11.8 Å². The van der Waals surface area contributed by atoms with E-state index in [-0.39, 0.29) is 0 Å². The summed E-state index contributed by atoms with van der Waals surface area (Å²) in [6.45, 7) is 4.49. The van der Waals surface area contributed by atoms with Crippen molar-refractivity contribution in [1.82, 2.24) is 0 Å². The lowest BCUT2D eigenvalue weighted by Gasteiger charge is -2.14. The number of thioether (sulfide) groups is 1. The zero-order valence-electron chi connectivity index (χ0n) is 10.3. The van der Waals surface area contributed by atoms with Gasteiger partial charge in [0.05, 0.1) is 0 Å². The van der Waals surface area contributed by atoms with E-state index >= 15 is 0 Å². The van der Waals surface area contributed by atoms with Crippen molar-refractivity contribution in [2.24, 2.45) is 5.92 Å². The Morgan fingerprint density at radius 2 is 2.00 bits per heavy atom. The molecule has 0 aliphatic carbocycles. The van der Waals surface area contributed by atoms with Gasteiger partial charge in [-0.25, -0.2) is 0 Å². The van der Waals surface area contributed by atoms with Gasteiger partial charge in [-0.3, -0.25) is 0 Å². The fourth-order valence-corrected chi connectivity index (χ4v) is 2.89. The lowest BCUT2D eigenvalue weighted by atomic mass is 10.0. The highest BCUT2D eigenvalue weighted by Crippen LogP contribution is 2.30. The molecule has 1 N–H and O–H groups in total. The van der Waals surface area contributed by atoms with E-state index in [4.69, 9.17) is 0 Å². The molecule has 0 aliphatic rings. The smallest absolute Gasteiger partial charge is 0.129 e. The highest BCUT2D eigenvalue weighted by Gasteiger charge is 2.08. The standard InChI is InChI=1S/C14H22OS/c1-3-5-8-12(4-2)11-16-14-10-7-6-9-13(14)15/h6-7,9-10,12,15H,3-5,8,11H2,1-2H3. The summed E-state index contributed by atoms with van der Waals surface area (Å²) in [7, 11) is 0. The van der Waals surface area contributed by atoms with Crippen molar-refractivity contribution in [3.05, 3.63) is 24.3 Å². The van der Waals surface area contributed by atoms with E-state index in [0.29, 0.717) is 5.75 Å². The molecule has 0 radical (unpaired) electrons. The largest absolute Gasteiger partial charge is 0.507 e. The van der Waals surface area contributed by atoms with Crippen LogP contribution in [0.2, 0.25) is 0 Å². The van der Waals surface area contributed by atoms with Crippen LogP contribution in [0.25, 0.3) is 0 Å². The molecule has 1 nitrogen and oxygen atoms in total. The van der Waals surface area contributed by atoms with E-state index in [1.807, 2.05) is 18.2 Å². The Morgan fingerprint density at radius 3 is 2.62 bits per heavy atom. The third-order valence-electron chi connectivity index (χ3n) is 2.88. The molecule has 2 heteroatoms. The zero-order chi connectivity index (χ0) is 11.8. The van der Waals surface area contributed by atoms with Crippen LogP contribution in [0, 0.1) is 5.92 Å². The van der Waals surface area contributed by atoms with Crippen molar-refractivity contribution >= 4 is 11.8 Å². The number of para-hydroxylation sites is 1. The van der Waals surface area contributed by atoms with Crippen LogP contribution in [0.3, 0.4) is 0 Å². The summed E-state index contributed by atoms with van der Waals surface area (Å²) in [6, 6.07) is 7.60. The first-order chi connectivity index (χ1) is 7.77. The first-order valence-electron chi connectivity index (χ1n) is 6.18. The molecular formula is C14H22OS. The highest BCUT2D eigenvalue weighted by molar-refractivity contribution is 7.99. The minimum Gasteiger partial charge on any atom is -0.507 e. The number of aromatic hydroxyl groups is 1. The van der Waals surface area contributed by atoms with E-state index in [1.54, 1.807) is 17.8 Å². The molecule has 0 saturated carbocycles. The first-order valence-corrected chi connectivity index (χ1v) is 7.17. The Bertz CT molecular complexity index is 299. The Labute approximate surface area is 103 Å². The second kappa shape index (κ2) is 7.61. The van der Waals surface area contributed by atoms with E-state index in [1.165, 1.54) is 25.7 Å². The van der Waals surface area contributed by atoms with Crippen LogP contribution in [0.4, 0.5) is 0 Å². The van der Waals surface area contributed by atoms with Crippen molar-refractivity contribution in [2.75, 3.05) is 5.75 Å². The van der Waals surface area contributed by atoms with Crippen molar-refractivity contribution in [2.45, 2.75) is 44.4 Å². The molecule has 0 bridgehead atoms. The minimum absolute atomic E-state index is 0.415. The van der Waals surface area contributed by atoms with Gasteiger partial charge in [-0.2, -0.15) is 0 Å². The van der Waals surface area contributed by atoms with Crippen molar-refractivity contribution in [3.8, 4) is 5.75 Å². The molecule has 1 unspecified atom stereocenters. The monoisotopic (exact) mass is 238 g/mol. The number of benzene rings is 1. The molecule has 0 fully saturated rings. The summed E-state index contributed by atoms with van der Waals surface area (Å²) in [5.74, 6) is 2.32. The number of hydrogen-bond donors (Lipinski definition) is 1. The van der Waals surface area contributed by atoms with E-state index in [9.17, 15) is 5.11 Å². The Kier molecular flexibility index (Phi) is 6.39. The first kappa shape index (κ1) is 13.4. The number of hydrogen-bond acceptors (Lipinski definition) is 2. The second-order valence-electron chi connectivity index (χ2n) is 4.20. The Balaban J connectivity index is 2.40. The zero-order valence-corrected chi connectivity index (χ0v) is 11.1. The molecule has 0 spiro atoms. The van der Waals surface area contributed by atoms with Crippen LogP contribution in [0.15, 0.2) is 29.2 Å². The molecular weight excluding hydrogens is 216 g/mol. The molecule has 0 saturated heterocycles. The number of phenols is 1. The predicted molar refractivity (Wildman–Crippen MR) is 72.1 cm³/mol. The van der Waals surface area contributed by atoms with E-state index < -0.39 is 0 Å². The average molecular weight is 238 g/mol. The van der Waals surface area contributed by atoms with Crippen molar-refractivity contribution in [1.29, 1.82) is 0 Å². The summed E-state index contributed by atoms with van der Waals surface area (Å²) < 4.78 is 0. The van der Waals surface area contributed by atoms with Gasteiger partial charge in [0, 0.05) is 10.6 Å². The van der Waals surface area contributed by atoms with Gasteiger partial charge in [0.1, 0.15) is 5.75 Å². The second-order valence-corrected chi connectivity index (χ2v) is 5.26. The molecule has 0 heterocycles.